The quantitative estimate of drug-likeness (QED) is 0.627. The third-order valence-corrected chi connectivity index (χ3v) is 2.66. The van der Waals surface area contributed by atoms with Gasteiger partial charge in [-0.05, 0) is 17.7 Å². The molecule has 0 aliphatic carbocycles. The molecule has 0 spiro atoms. The molecular weight excluding hydrogens is 221 g/mol. The number of nitrogens with one attached hydrogen (secondary N) is 1. The van der Waals surface area contributed by atoms with Gasteiger partial charge in [-0.1, -0.05) is 54.3 Å². The molecule has 0 saturated heterocycles. The lowest BCUT2D eigenvalue weighted by atomic mass is 9.97. The average Bonchev–Trinajstić information content (AvgIpc) is 2.46. The van der Waals surface area contributed by atoms with Gasteiger partial charge < -0.3 is 10.1 Å². The van der Waals surface area contributed by atoms with E-state index in [4.69, 9.17) is 18.0 Å². The first-order chi connectivity index (χ1) is 8.79. The van der Waals surface area contributed by atoms with Crippen LogP contribution in [0.1, 0.15) is 11.1 Å². The van der Waals surface area contributed by atoms with E-state index in [1.54, 1.807) is 0 Å². The van der Waals surface area contributed by atoms with Crippen LogP contribution in [0, 0.1) is 5.41 Å². The predicted molar refractivity (Wildman–Crippen MR) is 74.7 cm³/mol. The van der Waals surface area contributed by atoms with Crippen LogP contribution in [0.15, 0.2) is 54.6 Å². The van der Waals surface area contributed by atoms with Crippen LogP contribution in [0.4, 0.5) is 0 Å². The largest absolute Gasteiger partial charge is 0.487 e. The molecule has 0 amide bonds. The maximum atomic E-state index is 7.91. The minimum atomic E-state index is 0.270. The molecule has 0 heterocycles. The normalized spacial score (nSPS) is 10.0. The first kappa shape index (κ1) is 12.4. The van der Waals surface area contributed by atoms with Gasteiger partial charge in [0.25, 0.3) is 0 Å². The van der Waals surface area contributed by atoms with Gasteiger partial charge >= 0.3 is 0 Å². The molecule has 2 nitrogen and oxygen atoms in total. The van der Waals surface area contributed by atoms with Crippen LogP contribution >= 0.6 is 0 Å². The molecule has 0 unspecified atom stereocenters. The van der Waals surface area contributed by atoms with E-state index in [-0.39, 0.29) is 6.61 Å². The minimum absolute atomic E-state index is 0.270. The zero-order valence-electron chi connectivity index (χ0n) is 10.1. The Balaban J connectivity index is 1.93. The Morgan fingerprint density at radius 2 is 1.67 bits per heavy atom. The van der Waals surface area contributed by atoms with E-state index in [1.165, 1.54) is 0 Å². The van der Waals surface area contributed by atoms with Gasteiger partial charge in [0.1, 0.15) is 12.4 Å². The van der Waals surface area contributed by atoms with Gasteiger partial charge in [-0.15, -0.1) is 0 Å². The molecule has 0 atom stereocenters. The predicted octanol–water partition coefficient (Wildman–Crippen LogP) is 2.80. The monoisotopic (exact) mass is 235 g/mol. The highest BCUT2D eigenvalue weighted by atomic mass is 16.5. The summed E-state index contributed by atoms with van der Waals surface area (Å²) in [5.41, 5.74) is 2.43. The third-order valence-electron chi connectivity index (χ3n) is 2.66. The molecule has 2 rings (SSSR count). The standard InChI is InChI=1S/C15H14BNO/c16-10-12-6-8-14(9-7-12)18-11-15(17)13-4-2-1-3-5-13/h1-9,17H,10-11H2. The fourth-order valence-electron chi connectivity index (χ4n) is 1.60. The van der Waals surface area contributed by atoms with Crippen molar-refractivity contribution in [2.75, 3.05) is 6.61 Å². The van der Waals surface area contributed by atoms with E-state index in [9.17, 15) is 0 Å². The summed E-state index contributed by atoms with van der Waals surface area (Å²) in [6.07, 6.45) is 0.528. The van der Waals surface area contributed by atoms with Gasteiger partial charge in [-0.25, -0.2) is 0 Å². The molecule has 1 N–H and O–H groups in total. The summed E-state index contributed by atoms with van der Waals surface area (Å²) in [7, 11) is 5.52. The minimum Gasteiger partial charge on any atom is -0.487 e. The van der Waals surface area contributed by atoms with Crippen LogP contribution in [0.3, 0.4) is 0 Å². The van der Waals surface area contributed by atoms with Crippen LogP contribution in [0.25, 0.3) is 0 Å². The maximum Gasteiger partial charge on any atom is 0.130 e. The van der Waals surface area contributed by atoms with Crippen molar-refractivity contribution >= 4 is 13.6 Å². The van der Waals surface area contributed by atoms with Gasteiger partial charge in [0, 0.05) is 0 Å². The van der Waals surface area contributed by atoms with Gasteiger partial charge in [0.05, 0.1) is 13.6 Å². The van der Waals surface area contributed by atoms with Crippen LogP contribution in [0.5, 0.6) is 5.75 Å². The number of benzene rings is 2. The van der Waals surface area contributed by atoms with E-state index in [0.29, 0.717) is 12.0 Å². The molecule has 88 valence electrons. The molecule has 0 bridgehead atoms. The van der Waals surface area contributed by atoms with Crippen molar-refractivity contribution in [3.63, 3.8) is 0 Å². The van der Waals surface area contributed by atoms with Gasteiger partial charge in [0.2, 0.25) is 0 Å². The van der Waals surface area contributed by atoms with Crippen LogP contribution in [-0.4, -0.2) is 20.2 Å². The fourth-order valence-corrected chi connectivity index (χ4v) is 1.60. The van der Waals surface area contributed by atoms with Crippen molar-refractivity contribution in [1.82, 2.24) is 0 Å². The maximum absolute atomic E-state index is 7.91. The Bertz CT molecular complexity index is 508. The molecule has 0 aliphatic rings. The fraction of sp³-hybridized carbons (Fsp3) is 0.133. The van der Waals surface area contributed by atoms with E-state index >= 15 is 0 Å². The smallest absolute Gasteiger partial charge is 0.130 e. The summed E-state index contributed by atoms with van der Waals surface area (Å²) in [4.78, 5) is 0. The molecule has 2 aromatic rings. The highest BCUT2D eigenvalue weighted by Crippen LogP contribution is 2.12. The van der Waals surface area contributed by atoms with E-state index in [0.717, 1.165) is 16.9 Å². The molecule has 3 heteroatoms. The molecule has 0 fully saturated rings. The van der Waals surface area contributed by atoms with Crippen molar-refractivity contribution in [3.8, 4) is 5.75 Å². The first-order valence-electron chi connectivity index (χ1n) is 5.84. The number of rotatable bonds is 5. The van der Waals surface area contributed by atoms with Crippen molar-refractivity contribution in [1.29, 1.82) is 5.41 Å². The molecule has 18 heavy (non-hydrogen) atoms. The zero-order chi connectivity index (χ0) is 12.8. The summed E-state index contributed by atoms with van der Waals surface area (Å²) >= 11 is 0. The van der Waals surface area contributed by atoms with Crippen LogP contribution < -0.4 is 4.74 Å². The summed E-state index contributed by atoms with van der Waals surface area (Å²) < 4.78 is 5.56. The Hall–Kier alpha value is -2.03. The number of hydrogen-bond acceptors (Lipinski definition) is 2. The Morgan fingerprint density at radius 3 is 2.28 bits per heavy atom. The molecule has 2 radical (unpaired) electrons. The Kier molecular flexibility index (Phi) is 4.18. The van der Waals surface area contributed by atoms with Crippen molar-refractivity contribution in [3.05, 3.63) is 65.7 Å². The first-order valence-corrected chi connectivity index (χ1v) is 5.84. The lowest BCUT2D eigenvalue weighted by Crippen LogP contribution is -2.11. The van der Waals surface area contributed by atoms with Gasteiger partial charge in [0.15, 0.2) is 0 Å². The van der Waals surface area contributed by atoms with Crippen molar-refractivity contribution in [2.45, 2.75) is 6.32 Å². The lowest BCUT2D eigenvalue weighted by Gasteiger charge is -2.08. The zero-order valence-corrected chi connectivity index (χ0v) is 10.1. The average molecular weight is 235 g/mol. The summed E-state index contributed by atoms with van der Waals surface area (Å²) in [6.45, 7) is 0.270. The van der Waals surface area contributed by atoms with Crippen molar-refractivity contribution in [2.24, 2.45) is 0 Å². The van der Waals surface area contributed by atoms with Crippen LogP contribution in [0.2, 0.25) is 0 Å². The second-order valence-electron chi connectivity index (χ2n) is 3.98. The topological polar surface area (TPSA) is 33.1 Å². The van der Waals surface area contributed by atoms with Gasteiger partial charge in [-0.2, -0.15) is 0 Å². The highest BCUT2D eigenvalue weighted by Gasteiger charge is 2.01. The summed E-state index contributed by atoms with van der Waals surface area (Å²) in [5.74, 6) is 0.757. The van der Waals surface area contributed by atoms with Gasteiger partial charge in [-0.3, -0.25) is 0 Å². The summed E-state index contributed by atoms with van der Waals surface area (Å²) in [6, 6.07) is 17.2. The van der Waals surface area contributed by atoms with E-state index in [2.05, 4.69) is 0 Å². The van der Waals surface area contributed by atoms with E-state index < -0.39 is 0 Å². The molecular formula is C15H14BNO. The van der Waals surface area contributed by atoms with Crippen molar-refractivity contribution < 1.29 is 4.74 Å². The molecule has 0 aromatic heterocycles. The Labute approximate surface area is 109 Å². The summed E-state index contributed by atoms with van der Waals surface area (Å²) in [5, 5.41) is 7.91. The molecule has 0 saturated carbocycles. The third kappa shape index (κ3) is 3.23. The second-order valence-corrected chi connectivity index (χ2v) is 3.98. The SMILES string of the molecule is [B]Cc1ccc(OCC(=N)c2ccccc2)cc1. The molecule has 2 aromatic carbocycles. The number of ether oxygens (including phenoxy) is 1. The highest BCUT2D eigenvalue weighted by molar-refractivity contribution is 6.08. The second kappa shape index (κ2) is 6.06. The number of hydrogen-bond donors (Lipinski definition) is 1. The Morgan fingerprint density at radius 1 is 1.00 bits per heavy atom. The molecule has 0 aliphatic heterocycles. The van der Waals surface area contributed by atoms with Crippen LogP contribution in [-0.2, 0) is 6.32 Å². The lowest BCUT2D eigenvalue weighted by molar-refractivity contribution is 0.376. The van der Waals surface area contributed by atoms with E-state index in [1.807, 2.05) is 54.6 Å².